The highest BCUT2D eigenvalue weighted by atomic mass is 35.5. The molecule has 0 spiro atoms. The average molecular weight is 246 g/mol. The van der Waals surface area contributed by atoms with E-state index in [0.717, 1.165) is 37.7 Å². The van der Waals surface area contributed by atoms with Gasteiger partial charge >= 0.3 is 0 Å². The summed E-state index contributed by atoms with van der Waals surface area (Å²) in [5.41, 5.74) is 0.996. The zero-order chi connectivity index (χ0) is 10.5. The number of thiazole rings is 1. The quantitative estimate of drug-likeness (QED) is 0.544. The molecule has 1 aromatic rings. The van der Waals surface area contributed by atoms with Crippen molar-refractivity contribution in [3.8, 4) is 0 Å². The summed E-state index contributed by atoms with van der Waals surface area (Å²) in [6.45, 7) is 1.83. The summed E-state index contributed by atoms with van der Waals surface area (Å²) in [5.74, 6) is 1.39. The molecule has 4 heteroatoms. The van der Waals surface area contributed by atoms with Crippen LogP contribution in [0.2, 0.25) is 0 Å². The van der Waals surface area contributed by atoms with Gasteiger partial charge in [-0.1, -0.05) is 0 Å². The zero-order valence-electron chi connectivity index (χ0n) is 8.75. The largest absolute Gasteiger partial charge is 0.381 e. The first-order chi connectivity index (χ1) is 7.38. The summed E-state index contributed by atoms with van der Waals surface area (Å²) >= 11 is 7.38. The molecular weight excluding hydrogens is 230 g/mol. The lowest BCUT2D eigenvalue weighted by molar-refractivity contribution is 0.122. The van der Waals surface area contributed by atoms with Crippen LogP contribution in [0.3, 0.4) is 0 Å². The fraction of sp³-hybridized carbons (Fsp3) is 0.727. The van der Waals surface area contributed by atoms with E-state index in [2.05, 4.69) is 4.98 Å². The van der Waals surface area contributed by atoms with Gasteiger partial charge in [0.25, 0.3) is 0 Å². The molecule has 0 amide bonds. The van der Waals surface area contributed by atoms with Gasteiger partial charge in [0, 0.05) is 25.0 Å². The summed E-state index contributed by atoms with van der Waals surface area (Å²) in [7, 11) is 0. The van der Waals surface area contributed by atoms with Crippen LogP contribution in [0.5, 0.6) is 0 Å². The summed E-state index contributed by atoms with van der Waals surface area (Å²) in [6, 6.07) is 0. The molecule has 0 aliphatic heterocycles. The van der Waals surface area contributed by atoms with Crippen molar-refractivity contribution in [2.75, 3.05) is 13.2 Å². The number of aryl methyl sites for hydroxylation is 1. The zero-order valence-corrected chi connectivity index (χ0v) is 10.3. The van der Waals surface area contributed by atoms with Gasteiger partial charge in [-0.2, -0.15) is 0 Å². The average Bonchev–Trinajstić information content (AvgIpc) is 2.96. The second-order valence-corrected chi connectivity index (χ2v) is 5.20. The molecular formula is C11H16ClNOS. The minimum absolute atomic E-state index is 0.523. The lowest BCUT2D eigenvalue weighted by Crippen LogP contribution is -1.99. The van der Waals surface area contributed by atoms with Crippen molar-refractivity contribution >= 4 is 22.9 Å². The van der Waals surface area contributed by atoms with Crippen LogP contribution in [0.4, 0.5) is 0 Å². The van der Waals surface area contributed by atoms with Crippen LogP contribution in [0.1, 0.15) is 30.0 Å². The number of aromatic nitrogens is 1. The Balaban J connectivity index is 1.56. The van der Waals surface area contributed by atoms with Crippen molar-refractivity contribution in [2.24, 2.45) is 5.92 Å². The number of alkyl halides is 1. The molecule has 0 saturated heterocycles. The first-order valence-electron chi connectivity index (χ1n) is 5.45. The summed E-state index contributed by atoms with van der Waals surface area (Å²) in [5, 5.41) is 3.22. The van der Waals surface area contributed by atoms with Gasteiger partial charge in [-0.15, -0.1) is 22.9 Å². The minimum atomic E-state index is 0.523. The van der Waals surface area contributed by atoms with Crippen LogP contribution in [-0.4, -0.2) is 18.2 Å². The maximum atomic E-state index is 5.69. The molecule has 1 fully saturated rings. The SMILES string of the molecule is ClCc1csc(CCCOCC2CC2)n1. The number of rotatable bonds is 7. The molecule has 0 N–H and O–H groups in total. The molecule has 2 rings (SSSR count). The molecule has 1 aliphatic carbocycles. The Kier molecular flexibility index (Phi) is 4.42. The standard InChI is InChI=1S/C11H16ClNOS/c12-6-10-8-15-11(13-10)2-1-5-14-7-9-3-4-9/h8-9H,1-7H2. The topological polar surface area (TPSA) is 22.1 Å². The predicted octanol–water partition coefficient (Wildman–Crippen LogP) is 3.24. The number of ether oxygens (including phenoxy) is 1. The van der Waals surface area contributed by atoms with E-state index in [-0.39, 0.29) is 0 Å². The van der Waals surface area contributed by atoms with Crippen LogP contribution in [0, 0.1) is 5.92 Å². The normalized spacial score (nSPS) is 15.8. The lowest BCUT2D eigenvalue weighted by Gasteiger charge is -2.00. The van der Waals surface area contributed by atoms with E-state index in [9.17, 15) is 0 Å². The van der Waals surface area contributed by atoms with E-state index in [1.54, 1.807) is 11.3 Å². The van der Waals surface area contributed by atoms with Crippen molar-refractivity contribution in [1.29, 1.82) is 0 Å². The third-order valence-electron chi connectivity index (χ3n) is 2.47. The van der Waals surface area contributed by atoms with Gasteiger partial charge < -0.3 is 4.74 Å². The van der Waals surface area contributed by atoms with Crippen LogP contribution in [-0.2, 0) is 17.0 Å². The van der Waals surface area contributed by atoms with E-state index >= 15 is 0 Å². The molecule has 1 heterocycles. The van der Waals surface area contributed by atoms with E-state index in [1.165, 1.54) is 17.8 Å². The Bertz CT molecular complexity index is 299. The molecule has 1 aliphatic rings. The highest BCUT2D eigenvalue weighted by Crippen LogP contribution is 2.28. The molecule has 15 heavy (non-hydrogen) atoms. The van der Waals surface area contributed by atoms with Gasteiger partial charge in [0.05, 0.1) is 16.6 Å². The highest BCUT2D eigenvalue weighted by Gasteiger charge is 2.20. The molecule has 0 unspecified atom stereocenters. The summed E-state index contributed by atoms with van der Waals surface area (Å²) in [4.78, 5) is 4.40. The third kappa shape index (κ3) is 4.09. The minimum Gasteiger partial charge on any atom is -0.381 e. The van der Waals surface area contributed by atoms with E-state index in [4.69, 9.17) is 16.3 Å². The maximum absolute atomic E-state index is 5.69. The van der Waals surface area contributed by atoms with E-state index < -0.39 is 0 Å². The van der Waals surface area contributed by atoms with Gasteiger partial charge in [-0.25, -0.2) is 4.98 Å². The molecule has 1 saturated carbocycles. The van der Waals surface area contributed by atoms with Gasteiger partial charge in [0.2, 0.25) is 0 Å². The van der Waals surface area contributed by atoms with Gasteiger partial charge in [-0.05, 0) is 25.2 Å². The molecule has 0 atom stereocenters. The van der Waals surface area contributed by atoms with Crippen LogP contribution >= 0.6 is 22.9 Å². The van der Waals surface area contributed by atoms with Gasteiger partial charge in [0.1, 0.15) is 0 Å². The highest BCUT2D eigenvalue weighted by molar-refractivity contribution is 7.09. The first kappa shape index (κ1) is 11.4. The van der Waals surface area contributed by atoms with Crippen molar-refractivity contribution in [3.05, 3.63) is 16.1 Å². The number of hydrogen-bond acceptors (Lipinski definition) is 3. The Morgan fingerprint density at radius 3 is 3.07 bits per heavy atom. The summed E-state index contributed by atoms with van der Waals surface area (Å²) in [6.07, 6.45) is 4.82. The Hall–Kier alpha value is -0.120. The van der Waals surface area contributed by atoms with Crippen LogP contribution < -0.4 is 0 Å². The van der Waals surface area contributed by atoms with Crippen molar-refractivity contribution < 1.29 is 4.74 Å². The van der Waals surface area contributed by atoms with Crippen molar-refractivity contribution in [3.63, 3.8) is 0 Å². The number of hydrogen-bond donors (Lipinski definition) is 0. The first-order valence-corrected chi connectivity index (χ1v) is 6.87. The van der Waals surface area contributed by atoms with E-state index in [0.29, 0.717) is 5.88 Å². The monoisotopic (exact) mass is 245 g/mol. The van der Waals surface area contributed by atoms with Crippen molar-refractivity contribution in [1.82, 2.24) is 4.98 Å². The molecule has 84 valence electrons. The Morgan fingerprint density at radius 1 is 1.53 bits per heavy atom. The molecule has 0 radical (unpaired) electrons. The smallest absolute Gasteiger partial charge is 0.0929 e. The fourth-order valence-electron chi connectivity index (χ4n) is 1.39. The molecule has 0 aromatic carbocycles. The third-order valence-corrected chi connectivity index (χ3v) is 3.70. The Morgan fingerprint density at radius 2 is 2.40 bits per heavy atom. The van der Waals surface area contributed by atoms with Crippen LogP contribution in [0.15, 0.2) is 5.38 Å². The molecule has 2 nitrogen and oxygen atoms in total. The summed E-state index contributed by atoms with van der Waals surface area (Å²) < 4.78 is 5.56. The predicted molar refractivity (Wildman–Crippen MR) is 63.5 cm³/mol. The maximum Gasteiger partial charge on any atom is 0.0929 e. The van der Waals surface area contributed by atoms with Gasteiger partial charge in [0.15, 0.2) is 0 Å². The second kappa shape index (κ2) is 5.83. The fourth-order valence-corrected chi connectivity index (χ4v) is 2.45. The molecule has 0 bridgehead atoms. The number of halogens is 1. The van der Waals surface area contributed by atoms with Crippen molar-refractivity contribution in [2.45, 2.75) is 31.6 Å². The Labute approximate surface area is 99.6 Å². The van der Waals surface area contributed by atoms with Crippen LogP contribution in [0.25, 0.3) is 0 Å². The number of nitrogens with zero attached hydrogens (tertiary/aromatic N) is 1. The second-order valence-electron chi connectivity index (χ2n) is 3.99. The van der Waals surface area contributed by atoms with E-state index in [1.807, 2.05) is 5.38 Å². The van der Waals surface area contributed by atoms with Gasteiger partial charge in [-0.3, -0.25) is 0 Å². The molecule has 1 aromatic heterocycles. The lowest BCUT2D eigenvalue weighted by atomic mass is 10.3.